The van der Waals surface area contributed by atoms with Gasteiger partial charge in [0.15, 0.2) is 0 Å². The topological polar surface area (TPSA) is 26.3 Å². The second-order valence-electron chi connectivity index (χ2n) is 3.99. The van der Waals surface area contributed by atoms with Gasteiger partial charge in [-0.2, -0.15) is 0 Å². The quantitative estimate of drug-likeness (QED) is 0.510. The molecule has 1 aliphatic carbocycles. The second-order valence-corrected chi connectivity index (χ2v) is 3.99. The number of hydrogen-bond donors (Lipinski definition) is 0. The maximum absolute atomic E-state index is 10.8. The zero-order valence-corrected chi connectivity index (χ0v) is 9.00. The number of methoxy groups -OCH3 is 1. The SMILES string of the molecule is COC(=O)CC=CCC1CCCCC1. The Bertz CT molecular complexity index is 190. The molecule has 2 heteroatoms. The summed E-state index contributed by atoms with van der Waals surface area (Å²) in [6.45, 7) is 0. The van der Waals surface area contributed by atoms with Gasteiger partial charge in [0.1, 0.15) is 0 Å². The number of allylic oxidation sites excluding steroid dienone is 1. The summed E-state index contributed by atoms with van der Waals surface area (Å²) < 4.78 is 4.55. The van der Waals surface area contributed by atoms with Gasteiger partial charge >= 0.3 is 5.97 Å². The van der Waals surface area contributed by atoms with Crippen LogP contribution in [0.4, 0.5) is 0 Å². The molecule has 0 spiro atoms. The average molecular weight is 196 g/mol. The summed E-state index contributed by atoms with van der Waals surface area (Å²) in [6.07, 6.45) is 12.5. The molecule has 1 saturated carbocycles. The van der Waals surface area contributed by atoms with E-state index in [2.05, 4.69) is 10.8 Å². The third-order valence-electron chi connectivity index (χ3n) is 2.87. The third-order valence-corrected chi connectivity index (χ3v) is 2.87. The molecule has 0 saturated heterocycles. The van der Waals surface area contributed by atoms with E-state index >= 15 is 0 Å². The zero-order chi connectivity index (χ0) is 10.2. The lowest BCUT2D eigenvalue weighted by Crippen LogP contribution is -2.04. The van der Waals surface area contributed by atoms with Crippen molar-refractivity contribution in [2.75, 3.05) is 7.11 Å². The van der Waals surface area contributed by atoms with Crippen molar-refractivity contribution < 1.29 is 9.53 Å². The fourth-order valence-corrected chi connectivity index (χ4v) is 1.97. The number of esters is 1. The molecule has 0 radical (unpaired) electrons. The number of carbonyl (C=O) groups is 1. The van der Waals surface area contributed by atoms with E-state index in [9.17, 15) is 4.79 Å². The third kappa shape index (κ3) is 4.45. The Morgan fingerprint density at radius 2 is 2.00 bits per heavy atom. The highest BCUT2D eigenvalue weighted by atomic mass is 16.5. The molecule has 0 bridgehead atoms. The molecule has 0 N–H and O–H groups in total. The molecule has 0 heterocycles. The van der Waals surface area contributed by atoms with E-state index in [1.54, 1.807) is 0 Å². The molecule has 0 aliphatic heterocycles. The molecular formula is C12H20O2. The van der Waals surface area contributed by atoms with Crippen molar-refractivity contribution in [2.24, 2.45) is 5.92 Å². The number of rotatable bonds is 4. The first-order valence-electron chi connectivity index (χ1n) is 5.54. The molecular weight excluding hydrogens is 176 g/mol. The van der Waals surface area contributed by atoms with Gasteiger partial charge in [-0.3, -0.25) is 4.79 Å². The Morgan fingerprint density at radius 1 is 1.29 bits per heavy atom. The summed E-state index contributed by atoms with van der Waals surface area (Å²) in [5.41, 5.74) is 0. The molecule has 0 aromatic heterocycles. The van der Waals surface area contributed by atoms with Crippen LogP contribution >= 0.6 is 0 Å². The standard InChI is InChI=1S/C12H20O2/c1-14-12(13)10-6-5-9-11-7-3-2-4-8-11/h5-6,11H,2-4,7-10H2,1H3. The van der Waals surface area contributed by atoms with Gasteiger partial charge < -0.3 is 4.74 Å². The summed E-state index contributed by atoms with van der Waals surface area (Å²) >= 11 is 0. The Hall–Kier alpha value is -0.790. The van der Waals surface area contributed by atoms with Gasteiger partial charge in [-0.25, -0.2) is 0 Å². The van der Waals surface area contributed by atoms with Crippen LogP contribution in [0.1, 0.15) is 44.9 Å². The highest BCUT2D eigenvalue weighted by Crippen LogP contribution is 2.26. The van der Waals surface area contributed by atoms with Crippen molar-refractivity contribution in [3.05, 3.63) is 12.2 Å². The fourth-order valence-electron chi connectivity index (χ4n) is 1.97. The zero-order valence-electron chi connectivity index (χ0n) is 9.00. The summed E-state index contributed by atoms with van der Waals surface area (Å²) in [7, 11) is 1.43. The first-order valence-corrected chi connectivity index (χ1v) is 5.54. The molecule has 80 valence electrons. The van der Waals surface area contributed by atoms with Crippen LogP contribution < -0.4 is 0 Å². The maximum atomic E-state index is 10.8. The number of hydrogen-bond acceptors (Lipinski definition) is 2. The van der Waals surface area contributed by atoms with Crippen molar-refractivity contribution in [3.8, 4) is 0 Å². The van der Waals surface area contributed by atoms with Crippen LogP contribution in [0.5, 0.6) is 0 Å². The maximum Gasteiger partial charge on any atom is 0.309 e. The van der Waals surface area contributed by atoms with Gasteiger partial charge in [-0.05, 0) is 12.3 Å². The molecule has 0 aromatic carbocycles. The first-order chi connectivity index (χ1) is 6.83. The Labute approximate surface area is 86.3 Å². The van der Waals surface area contributed by atoms with Crippen molar-refractivity contribution in [1.82, 2.24) is 0 Å². The summed E-state index contributed by atoms with van der Waals surface area (Å²) in [6, 6.07) is 0. The van der Waals surface area contributed by atoms with E-state index in [4.69, 9.17) is 0 Å². The average Bonchev–Trinajstić information content (AvgIpc) is 2.25. The normalized spacial score (nSPS) is 18.6. The summed E-state index contributed by atoms with van der Waals surface area (Å²) in [5, 5.41) is 0. The van der Waals surface area contributed by atoms with Crippen LogP contribution in [-0.4, -0.2) is 13.1 Å². The smallest absolute Gasteiger partial charge is 0.309 e. The van der Waals surface area contributed by atoms with Crippen LogP contribution in [0.25, 0.3) is 0 Å². The van der Waals surface area contributed by atoms with E-state index in [0.717, 1.165) is 12.3 Å². The molecule has 1 fully saturated rings. The van der Waals surface area contributed by atoms with Gasteiger partial charge in [-0.15, -0.1) is 0 Å². The number of carbonyl (C=O) groups excluding carboxylic acids is 1. The van der Waals surface area contributed by atoms with Crippen molar-refractivity contribution in [3.63, 3.8) is 0 Å². The van der Waals surface area contributed by atoms with Gasteiger partial charge in [-0.1, -0.05) is 44.3 Å². The second kappa shape index (κ2) is 6.63. The summed E-state index contributed by atoms with van der Waals surface area (Å²) in [4.78, 5) is 10.8. The van der Waals surface area contributed by atoms with Crippen LogP contribution in [0.3, 0.4) is 0 Å². The molecule has 1 rings (SSSR count). The molecule has 0 atom stereocenters. The highest BCUT2D eigenvalue weighted by Gasteiger charge is 2.11. The molecule has 0 aromatic rings. The Kier molecular flexibility index (Phi) is 5.35. The van der Waals surface area contributed by atoms with Crippen LogP contribution in [0.2, 0.25) is 0 Å². The van der Waals surface area contributed by atoms with Crippen molar-refractivity contribution in [1.29, 1.82) is 0 Å². The van der Waals surface area contributed by atoms with Crippen LogP contribution in [0.15, 0.2) is 12.2 Å². The molecule has 0 amide bonds. The minimum absolute atomic E-state index is 0.148. The lowest BCUT2D eigenvalue weighted by molar-refractivity contribution is -0.139. The first kappa shape index (κ1) is 11.3. The largest absolute Gasteiger partial charge is 0.469 e. The Morgan fingerprint density at radius 3 is 2.64 bits per heavy atom. The van der Waals surface area contributed by atoms with Gasteiger partial charge in [0.25, 0.3) is 0 Å². The fraction of sp³-hybridized carbons (Fsp3) is 0.750. The minimum atomic E-state index is -0.148. The Balaban J connectivity index is 2.09. The van der Waals surface area contributed by atoms with E-state index in [-0.39, 0.29) is 5.97 Å². The van der Waals surface area contributed by atoms with E-state index in [1.165, 1.54) is 39.2 Å². The van der Waals surface area contributed by atoms with E-state index in [0.29, 0.717) is 6.42 Å². The van der Waals surface area contributed by atoms with E-state index in [1.807, 2.05) is 6.08 Å². The summed E-state index contributed by atoms with van der Waals surface area (Å²) in [5.74, 6) is 0.711. The predicted octanol–water partition coefficient (Wildman–Crippen LogP) is 3.08. The van der Waals surface area contributed by atoms with Gasteiger partial charge in [0.2, 0.25) is 0 Å². The monoisotopic (exact) mass is 196 g/mol. The lowest BCUT2D eigenvalue weighted by atomic mass is 9.87. The lowest BCUT2D eigenvalue weighted by Gasteiger charge is -2.19. The van der Waals surface area contributed by atoms with Crippen molar-refractivity contribution >= 4 is 5.97 Å². The molecule has 0 unspecified atom stereocenters. The molecule has 2 nitrogen and oxygen atoms in total. The van der Waals surface area contributed by atoms with Crippen molar-refractivity contribution in [2.45, 2.75) is 44.9 Å². The highest BCUT2D eigenvalue weighted by molar-refractivity contribution is 5.70. The van der Waals surface area contributed by atoms with Gasteiger partial charge in [0, 0.05) is 0 Å². The molecule has 1 aliphatic rings. The van der Waals surface area contributed by atoms with Gasteiger partial charge in [0.05, 0.1) is 13.5 Å². The van der Waals surface area contributed by atoms with E-state index < -0.39 is 0 Å². The number of ether oxygens (including phenoxy) is 1. The van der Waals surface area contributed by atoms with Crippen LogP contribution in [0, 0.1) is 5.92 Å². The van der Waals surface area contributed by atoms with Crippen LogP contribution in [-0.2, 0) is 9.53 Å². The molecule has 14 heavy (non-hydrogen) atoms. The minimum Gasteiger partial charge on any atom is -0.469 e. The predicted molar refractivity (Wildman–Crippen MR) is 57.0 cm³/mol.